The molecule has 1 rings (SSSR count). The molecule has 146 valence electrons. The number of hydrogen-bond acceptors (Lipinski definition) is 4. The van der Waals surface area contributed by atoms with E-state index in [4.69, 9.17) is 4.78 Å². The molecule has 0 heterocycles. The predicted molar refractivity (Wildman–Crippen MR) is 105 cm³/mol. The molecule has 0 saturated carbocycles. The van der Waals surface area contributed by atoms with E-state index in [-0.39, 0.29) is 17.7 Å². The Morgan fingerprint density at radius 3 is 2.15 bits per heavy atom. The lowest BCUT2D eigenvalue weighted by Crippen LogP contribution is -2.33. The van der Waals surface area contributed by atoms with E-state index in [0.29, 0.717) is 23.4 Å². The van der Waals surface area contributed by atoms with Gasteiger partial charge in [-0.25, -0.2) is 22.9 Å². The van der Waals surface area contributed by atoms with Gasteiger partial charge in [-0.15, -0.1) is 0 Å². The summed E-state index contributed by atoms with van der Waals surface area (Å²) in [5.74, 6) is -0.392. The van der Waals surface area contributed by atoms with Crippen molar-refractivity contribution in [2.75, 3.05) is 26.0 Å². The third-order valence-electron chi connectivity index (χ3n) is 3.65. The second kappa shape index (κ2) is 9.14. The van der Waals surface area contributed by atoms with E-state index in [0.717, 1.165) is 0 Å². The molecule has 1 aromatic carbocycles. The minimum atomic E-state index is -3.41. The van der Waals surface area contributed by atoms with Gasteiger partial charge in [0.1, 0.15) is 5.82 Å². The van der Waals surface area contributed by atoms with Crippen LogP contribution in [-0.4, -0.2) is 35.8 Å². The largest absolute Gasteiger partial charge is 0.331 e. The lowest BCUT2D eigenvalue weighted by molar-refractivity contribution is 0.257. The number of carbonyl (C=O) groups excluding carboxylic acids is 1. The molecule has 3 N–H and O–H groups in total. The summed E-state index contributed by atoms with van der Waals surface area (Å²) in [5, 5.41) is 3.83. The van der Waals surface area contributed by atoms with Crippen molar-refractivity contribution in [2.24, 2.45) is 0 Å². The van der Waals surface area contributed by atoms with Crippen LogP contribution in [0.15, 0.2) is 23.6 Å². The second-order valence-corrected chi connectivity index (χ2v) is 8.74. The monoisotopic (exact) mass is 384 g/mol. The molecule has 0 aliphatic carbocycles. The summed E-state index contributed by atoms with van der Waals surface area (Å²) in [6.07, 6.45) is 1.56. The Kier molecular flexibility index (Phi) is 7.77. The molecule has 1 unspecified atom stereocenters. The van der Waals surface area contributed by atoms with Crippen molar-refractivity contribution < 1.29 is 13.4 Å². The molecule has 0 aromatic heterocycles. The number of halogens is 1. The van der Waals surface area contributed by atoms with Crippen molar-refractivity contribution in [1.82, 2.24) is 9.62 Å². The van der Waals surface area contributed by atoms with Gasteiger partial charge < -0.3 is 10.2 Å². The van der Waals surface area contributed by atoms with Gasteiger partial charge in [-0.2, -0.15) is 0 Å². The number of urea groups is 1. The number of amides is 2. The van der Waals surface area contributed by atoms with Crippen LogP contribution in [0.25, 0.3) is 0 Å². The zero-order chi connectivity index (χ0) is 20.1. The van der Waals surface area contributed by atoms with Gasteiger partial charge in [0.15, 0.2) is 9.92 Å². The second-order valence-electron chi connectivity index (χ2n) is 7.06. The fourth-order valence-corrected chi connectivity index (χ4v) is 3.16. The Labute approximate surface area is 156 Å². The minimum absolute atomic E-state index is 0.0150. The van der Waals surface area contributed by atoms with Crippen LogP contribution in [0.1, 0.15) is 50.7 Å². The van der Waals surface area contributed by atoms with E-state index < -0.39 is 15.9 Å². The highest BCUT2D eigenvalue weighted by atomic mass is 32.2. The van der Waals surface area contributed by atoms with Gasteiger partial charge >= 0.3 is 6.03 Å². The average molecular weight is 385 g/mol. The van der Waals surface area contributed by atoms with Crippen molar-refractivity contribution in [3.8, 4) is 0 Å². The Bertz CT molecular complexity index is 742. The number of rotatable bonds is 7. The first-order valence-electron chi connectivity index (χ1n) is 8.45. The van der Waals surface area contributed by atoms with Crippen LogP contribution in [0.4, 0.5) is 14.9 Å². The van der Waals surface area contributed by atoms with Crippen LogP contribution in [0.5, 0.6) is 0 Å². The van der Waals surface area contributed by atoms with Gasteiger partial charge in [0.05, 0.1) is 0 Å². The zero-order valence-corrected chi connectivity index (χ0v) is 17.0. The first-order valence-corrected chi connectivity index (χ1v) is 10.1. The summed E-state index contributed by atoms with van der Waals surface area (Å²) >= 11 is 0. The molecule has 26 heavy (non-hydrogen) atoms. The first-order chi connectivity index (χ1) is 11.9. The van der Waals surface area contributed by atoms with Crippen molar-refractivity contribution >= 4 is 21.6 Å². The van der Waals surface area contributed by atoms with Gasteiger partial charge in [-0.1, -0.05) is 33.8 Å². The Morgan fingerprint density at radius 2 is 1.73 bits per heavy atom. The standard InChI is InChI=1S/C18H29FN4O2S/c1-12(2)15-10-14(19)11-16(13(3)4)17(15)21-18(24)22-26(20,25)9-7-8-23(5)6/h7,9-13H,8H2,1-6H3,(H3,20,21,22,24,25)/b9-7+. The summed E-state index contributed by atoms with van der Waals surface area (Å²) in [6, 6.07) is 2.03. The minimum Gasteiger partial charge on any atom is -0.307 e. The number of nitrogens with zero attached hydrogens (tertiary/aromatic N) is 1. The van der Waals surface area contributed by atoms with Gasteiger partial charge in [-0.3, -0.25) is 0 Å². The van der Waals surface area contributed by atoms with Crippen LogP contribution >= 0.6 is 0 Å². The molecular weight excluding hydrogens is 355 g/mol. The van der Waals surface area contributed by atoms with E-state index in [1.54, 1.807) is 6.08 Å². The SMILES string of the molecule is CC(C)c1cc(F)cc(C(C)C)c1NC(=O)NS(=N)(=O)/C=C/CN(C)C. The van der Waals surface area contributed by atoms with Crippen molar-refractivity contribution in [2.45, 2.75) is 39.5 Å². The summed E-state index contributed by atoms with van der Waals surface area (Å²) in [5.41, 5.74) is 1.81. The van der Waals surface area contributed by atoms with Gasteiger partial charge in [-0.05, 0) is 49.2 Å². The number of hydrogen-bond donors (Lipinski definition) is 3. The average Bonchev–Trinajstić information content (AvgIpc) is 2.46. The Hall–Kier alpha value is -1.93. The topological polar surface area (TPSA) is 85.3 Å². The molecule has 1 aromatic rings. The van der Waals surface area contributed by atoms with E-state index in [1.165, 1.54) is 17.5 Å². The maximum absolute atomic E-state index is 13.9. The molecule has 0 bridgehead atoms. The molecule has 0 fully saturated rings. The molecule has 0 saturated heterocycles. The molecule has 2 amide bonds. The van der Waals surface area contributed by atoms with E-state index in [9.17, 15) is 13.4 Å². The van der Waals surface area contributed by atoms with Gasteiger partial charge in [0.25, 0.3) is 0 Å². The lowest BCUT2D eigenvalue weighted by Gasteiger charge is -2.20. The molecule has 0 aliphatic rings. The molecule has 0 radical (unpaired) electrons. The van der Waals surface area contributed by atoms with E-state index in [1.807, 2.05) is 46.7 Å². The number of anilines is 1. The third-order valence-corrected chi connectivity index (χ3v) is 4.71. The van der Waals surface area contributed by atoms with E-state index >= 15 is 0 Å². The highest BCUT2D eigenvalue weighted by Crippen LogP contribution is 2.33. The molecule has 8 heteroatoms. The smallest absolute Gasteiger partial charge is 0.307 e. The quantitative estimate of drug-likeness (QED) is 0.657. The highest BCUT2D eigenvalue weighted by Gasteiger charge is 2.19. The van der Waals surface area contributed by atoms with Crippen molar-refractivity contribution in [1.29, 1.82) is 4.78 Å². The Morgan fingerprint density at radius 1 is 1.23 bits per heavy atom. The fraction of sp³-hybridized carbons (Fsp3) is 0.500. The summed E-state index contributed by atoms with van der Waals surface area (Å²) in [7, 11) is 0.264. The number of benzene rings is 1. The maximum Gasteiger partial charge on any atom is 0.331 e. The Balaban J connectivity index is 3.07. The normalized spacial score (nSPS) is 14.2. The van der Waals surface area contributed by atoms with Crippen molar-refractivity contribution in [3.05, 3.63) is 40.6 Å². The lowest BCUT2D eigenvalue weighted by atomic mass is 9.92. The highest BCUT2D eigenvalue weighted by molar-refractivity contribution is 7.93. The third kappa shape index (κ3) is 6.76. The number of carbonyl (C=O) groups is 1. The molecular formula is C18H29FN4O2S. The maximum atomic E-state index is 13.9. The van der Waals surface area contributed by atoms with Crippen LogP contribution in [-0.2, 0) is 9.92 Å². The number of likely N-dealkylation sites (N-methyl/N-ethyl adjacent to an activating group) is 1. The molecule has 1 atom stereocenters. The number of nitrogens with one attached hydrogen (secondary N) is 3. The first kappa shape index (κ1) is 22.1. The van der Waals surface area contributed by atoms with Crippen molar-refractivity contribution in [3.63, 3.8) is 0 Å². The van der Waals surface area contributed by atoms with Crippen LogP contribution in [0.2, 0.25) is 0 Å². The zero-order valence-electron chi connectivity index (χ0n) is 16.2. The molecule has 6 nitrogen and oxygen atoms in total. The van der Waals surface area contributed by atoms with Crippen LogP contribution in [0.3, 0.4) is 0 Å². The summed E-state index contributed by atoms with van der Waals surface area (Å²) in [4.78, 5) is 14.1. The van der Waals surface area contributed by atoms with Crippen LogP contribution in [0, 0.1) is 10.6 Å². The van der Waals surface area contributed by atoms with E-state index in [2.05, 4.69) is 10.0 Å². The fourth-order valence-electron chi connectivity index (χ4n) is 2.40. The van der Waals surface area contributed by atoms with Gasteiger partial charge in [0.2, 0.25) is 0 Å². The summed E-state index contributed by atoms with van der Waals surface area (Å²) in [6.45, 7) is 8.12. The molecule has 0 aliphatic heterocycles. The predicted octanol–water partition coefficient (Wildman–Crippen LogP) is 4.23. The van der Waals surface area contributed by atoms with Gasteiger partial charge in [0, 0.05) is 17.6 Å². The molecule has 0 spiro atoms. The summed E-state index contributed by atoms with van der Waals surface area (Å²) < 4.78 is 36.1. The van der Waals surface area contributed by atoms with Crippen LogP contribution < -0.4 is 10.0 Å².